The summed E-state index contributed by atoms with van der Waals surface area (Å²) in [6.45, 7) is 0. The molecule has 108 valence electrons. The summed E-state index contributed by atoms with van der Waals surface area (Å²) in [4.78, 5) is 27.1. The molecule has 0 bridgehead atoms. The highest BCUT2D eigenvalue weighted by Crippen LogP contribution is 2.31. The van der Waals surface area contributed by atoms with E-state index in [1.165, 1.54) is 7.05 Å². The summed E-state index contributed by atoms with van der Waals surface area (Å²) >= 11 is 0. The number of likely N-dealkylation sites (N-methyl/N-ethyl adjacent to an activating group) is 1. The lowest BCUT2D eigenvalue weighted by atomic mass is 10.2. The first-order valence-electron chi connectivity index (χ1n) is 5.60. The zero-order valence-corrected chi connectivity index (χ0v) is 10.4. The summed E-state index contributed by atoms with van der Waals surface area (Å²) in [5, 5.41) is 2.56. The van der Waals surface area contributed by atoms with Gasteiger partial charge in [-0.05, 0) is 6.07 Å². The van der Waals surface area contributed by atoms with Crippen LogP contribution in [0.4, 0.5) is 24.5 Å². The Kier molecular flexibility index (Phi) is 3.28. The number of aromatic nitrogens is 1. The van der Waals surface area contributed by atoms with E-state index in [1.807, 2.05) is 0 Å². The number of anilines is 2. The van der Waals surface area contributed by atoms with Gasteiger partial charge >= 0.3 is 6.18 Å². The molecule has 1 aliphatic rings. The van der Waals surface area contributed by atoms with Crippen LogP contribution < -0.4 is 11.1 Å². The molecule has 1 atom stereocenters. The predicted octanol–water partition coefficient (Wildman–Crippen LogP) is 0.852. The molecule has 1 aromatic heterocycles. The Hall–Kier alpha value is -2.32. The smallest absolute Gasteiger partial charge is 0.396 e. The van der Waals surface area contributed by atoms with E-state index in [1.54, 1.807) is 0 Å². The second-order valence-electron chi connectivity index (χ2n) is 4.35. The van der Waals surface area contributed by atoms with Gasteiger partial charge in [-0.3, -0.25) is 14.5 Å². The molecule has 2 rings (SSSR count). The van der Waals surface area contributed by atoms with Gasteiger partial charge in [0.1, 0.15) is 11.7 Å². The Labute approximate surface area is 111 Å². The van der Waals surface area contributed by atoms with Gasteiger partial charge in [-0.25, -0.2) is 4.98 Å². The molecule has 0 aromatic carbocycles. The van der Waals surface area contributed by atoms with Gasteiger partial charge in [0.15, 0.2) is 0 Å². The fraction of sp³-hybridized carbons (Fsp3) is 0.364. The summed E-state index contributed by atoms with van der Waals surface area (Å²) in [7, 11) is 1.31. The highest BCUT2D eigenvalue weighted by molar-refractivity contribution is 6.06. The van der Waals surface area contributed by atoms with Crippen LogP contribution >= 0.6 is 0 Å². The third-order valence-corrected chi connectivity index (χ3v) is 2.94. The highest BCUT2D eigenvalue weighted by atomic mass is 19.4. The molecule has 0 radical (unpaired) electrons. The number of nitrogens with one attached hydrogen (secondary N) is 1. The summed E-state index contributed by atoms with van der Waals surface area (Å²) in [6, 6.07) is -0.205. The summed E-state index contributed by atoms with van der Waals surface area (Å²) < 4.78 is 37.7. The van der Waals surface area contributed by atoms with Gasteiger partial charge in [-0.2, -0.15) is 13.2 Å². The first-order chi connectivity index (χ1) is 9.20. The van der Waals surface area contributed by atoms with Gasteiger partial charge in [0.05, 0.1) is 24.0 Å². The average Bonchev–Trinajstić information content (AvgIpc) is 2.58. The average molecular weight is 288 g/mol. The fourth-order valence-electron chi connectivity index (χ4n) is 1.80. The van der Waals surface area contributed by atoms with Crippen molar-refractivity contribution in [3.05, 3.63) is 18.0 Å². The van der Waals surface area contributed by atoms with E-state index in [-0.39, 0.29) is 17.8 Å². The van der Waals surface area contributed by atoms with E-state index in [9.17, 15) is 22.8 Å². The molecule has 1 aliphatic heterocycles. The van der Waals surface area contributed by atoms with Crippen LogP contribution in [0.25, 0.3) is 0 Å². The lowest BCUT2D eigenvalue weighted by Gasteiger charge is -2.15. The van der Waals surface area contributed by atoms with Gasteiger partial charge < -0.3 is 11.1 Å². The van der Waals surface area contributed by atoms with Crippen LogP contribution in [0, 0.1) is 0 Å². The number of pyridine rings is 1. The SMILES string of the molecule is CN1C(=O)CC(Nc2cc(C(F)(F)F)ncc2N)C1=O. The number of nitrogens with two attached hydrogens (primary N) is 1. The second kappa shape index (κ2) is 4.66. The molecule has 1 aromatic rings. The first-order valence-corrected chi connectivity index (χ1v) is 5.60. The summed E-state index contributed by atoms with van der Waals surface area (Å²) in [5.74, 6) is -0.920. The van der Waals surface area contributed by atoms with E-state index in [2.05, 4.69) is 10.3 Å². The van der Waals surface area contributed by atoms with Crippen molar-refractivity contribution >= 4 is 23.2 Å². The minimum Gasteiger partial charge on any atom is -0.396 e. The Balaban J connectivity index is 2.26. The van der Waals surface area contributed by atoms with Gasteiger partial charge in [0, 0.05) is 7.05 Å². The monoisotopic (exact) mass is 288 g/mol. The number of carbonyl (C=O) groups excluding carboxylic acids is 2. The van der Waals surface area contributed by atoms with E-state index in [4.69, 9.17) is 5.73 Å². The summed E-state index contributed by atoms with van der Waals surface area (Å²) in [6.07, 6.45) is -3.88. The highest BCUT2D eigenvalue weighted by Gasteiger charge is 2.37. The Morgan fingerprint density at radius 3 is 2.60 bits per heavy atom. The topological polar surface area (TPSA) is 88.3 Å². The second-order valence-corrected chi connectivity index (χ2v) is 4.35. The third kappa shape index (κ3) is 2.51. The van der Waals surface area contributed by atoms with Crippen molar-refractivity contribution in [2.45, 2.75) is 18.6 Å². The van der Waals surface area contributed by atoms with Gasteiger partial charge in [-0.1, -0.05) is 0 Å². The number of nitrogens with zero attached hydrogens (tertiary/aromatic N) is 2. The molecule has 2 amide bonds. The number of hydrogen-bond acceptors (Lipinski definition) is 5. The number of likely N-dealkylation sites (tertiary alicyclic amines) is 1. The Morgan fingerprint density at radius 2 is 2.10 bits per heavy atom. The van der Waals surface area contributed by atoms with Gasteiger partial charge in [0.2, 0.25) is 5.91 Å². The summed E-state index contributed by atoms with van der Waals surface area (Å²) in [5.41, 5.74) is 4.29. The molecule has 1 saturated heterocycles. The minimum absolute atomic E-state index is 0.0344. The van der Waals surface area contributed by atoms with Crippen molar-refractivity contribution in [3.8, 4) is 0 Å². The standard InChI is InChI=1S/C11H11F3N4O2/c1-18-9(19)3-7(10(18)20)17-6-2-8(11(12,13)14)16-4-5(6)15/h2,4,7H,3,15H2,1H3,(H,16,17). The molecule has 0 spiro atoms. The van der Waals surface area contributed by atoms with Crippen molar-refractivity contribution in [1.29, 1.82) is 0 Å². The zero-order valence-electron chi connectivity index (χ0n) is 10.4. The molecule has 0 saturated carbocycles. The van der Waals surface area contributed by atoms with Crippen LogP contribution in [-0.2, 0) is 15.8 Å². The van der Waals surface area contributed by atoms with Crippen LogP contribution in [0.3, 0.4) is 0 Å². The van der Waals surface area contributed by atoms with Crippen LogP contribution in [0.2, 0.25) is 0 Å². The number of alkyl halides is 3. The van der Waals surface area contributed by atoms with E-state index >= 15 is 0 Å². The Morgan fingerprint density at radius 1 is 1.45 bits per heavy atom. The van der Waals surface area contributed by atoms with Crippen LogP contribution in [-0.4, -0.2) is 34.8 Å². The third-order valence-electron chi connectivity index (χ3n) is 2.94. The van der Waals surface area contributed by atoms with Crippen molar-refractivity contribution in [2.24, 2.45) is 0 Å². The maximum Gasteiger partial charge on any atom is 0.433 e. The maximum atomic E-state index is 12.6. The molecule has 1 fully saturated rings. The van der Waals surface area contributed by atoms with E-state index in [0.29, 0.717) is 6.07 Å². The molecule has 3 N–H and O–H groups in total. The van der Waals surface area contributed by atoms with E-state index < -0.39 is 29.7 Å². The maximum absolute atomic E-state index is 12.6. The normalized spacial score (nSPS) is 19.6. The molecule has 2 heterocycles. The van der Waals surface area contributed by atoms with Crippen LogP contribution in [0.5, 0.6) is 0 Å². The number of imide groups is 1. The number of hydrogen-bond donors (Lipinski definition) is 2. The quantitative estimate of drug-likeness (QED) is 0.788. The van der Waals surface area contributed by atoms with Crippen molar-refractivity contribution in [2.75, 3.05) is 18.1 Å². The molecular formula is C11H11F3N4O2. The number of carbonyl (C=O) groups is 2. The first kappa shape index (κ1) is 14.1. The number of rotatable bonds is 2. The largest absolute Gasteiger partial charge is 0.433 e. The lowest BCUT2D eigenvalue weighted by Crippen LogP contribution is -2.32. The molecule has 0 aliphatic carbocycles. The number of halogens is 3. The minimum atomic E-state index is -4.61. The molecular weight excluding hydrogens is 277 g/mol. The number of nitrogen functional groups attached to an aromatic ring is 1. The van der Waals surface area contributed by atoms with Crippen molar-refractivity contribution < 1.29 is 22.8 Å². The molecule has 6 nitrogen and oxygen atoms in total. The van der Waals surface area contributed by atoms with Crippen molar-refractivity contribution in [1.82, 2.24) is 9.88 Å². The molecule has 20 heavy (non-hydrogen) atoms. The zero-order chi connectivity index (χ0) is 15.1. The van der Waals surface area contributed by atoms with Crippen molar-refractivity contribution in [3.63, 3.8) is 0 Å². The predicted molar refractivity (Wildman–Crippen MR) is 63.5 cm³/mol. The van der Waals surface area contributed by atoms with E-state index in [0.717, 1.165) is 11.1 Å². The van der Waals surface area contributed by atoms with Crippen LogP contribution in [0.15, 0.2) is 12.3 Å². The number of amides is 2. The lowest BCUT2D eigenvalue weighted by molar-refractivity contribution is -0.141. The Bertz CT molecular complexity index is 573. The van der Waals surface area contributed by atoms with Gasteiger partial charge in [0.25, 0.3) is 5.91 Å². The van der Waals surface area contributed by atoms with Gasteiger partial charge in [-0.15, -0.1) is 0 Å². The van der Waals surface area contributed by atoms with Crippen LogP contribution in [0.1, 0.15) is 12.1 Å². The molecule has 1 unspecified atom stereocenters. The molecule has 9 heteroatoms. The fourth-order valence-corrected chi connectivity index (χ4v) is 1.80.